The van der Waals surface area contributed by atoms with Crippen molar-refractivity contribution in [2.24, 2.45) is 0 Å². The highest BCUT2D eigenvalue weighted by Crippen LogP contribution is 2.29. The second-order valence-corrected chi connectivity index (χ2v) is 8.33. The lowest BCUT2D eigenvalue weighted by atomic mass is 9.96. The molecule has 0 aliphatic rings. The first-order valence-corrected chi connectivity index (χ1v) is 10.5. The smallest absolute Gasteiger partial charge is 0.104 e. The van der Waals surface area contributed by atoms with Crippen LogP contribution in [0.3, 0.4) is 0 Å². The number of fused-ring (bicyclic) bond motifs is 1. The first-order valence-electron chi connectivity index (χ1n) is 10.5. The lowest BCUT2D eigenvalue weighted by Crippen LogP contribution is -2.28. The Kier molecular flexibility index (Phi) is 5.98. The molecule has 0 radical (unpaired) electrons. The molecule has 0 amide bonds. The van der Waals surface area contributed by atoms with Crippen LogP contribution < -0.4 is 0 Å². The van der Waals surface area contributed by atoms with E-state index in [0.29, 0.717) is 0 Å². The van der Waals surface area contributed by atoms with Crippen molar-refractivity contribution in [3.63, 3.8) is 0 Å². The van der Waals surface area contributed by atoms with Crippen molar-refractivity contribution in [3.05, 3.63) is 78.1 Å². The molecule has 3 aromatic carbocycles. The van der Waals surface area contributed by atoms with Gasteiger partial charge in [0.15, 0.2) is 0 Å². The highest BCUT2D eigenvalue weighted by molar-refractivity contribution is 5.82. The first-order chi connectivity index (χ1) is 14.5. The number of rotatable bonds is 7. The normalized spacial score (nSPS) is 11.7. The van der Waals surface area contributed by atoms with E-state index >= 15 is 0 Å². The Morgan fingerprint density at radius 3 is 2.27 bits per heavy atom. The molecule has 4 rings (SSSR count). The van der Waals surface area contributed by atoms with E-state index in [9.17, 15) is 0 Å². The summed E-state index contributed by atoms with van der Waals surface area (Å²) in [7, 11) is 6.43. The summed E-state index contributed by atoms with van der Waals surface area (Å²) in [6.45, 7) is 5.05. The van der Waals surface area contributed by atoms with E-state index in [2.05, 4.69) is 108 Å². The van der Waals surface area contributed by atoms with Gasteiger partial charge in [-0.1, -0.05) is 54.6 Å². The van der Waals surface area contributed by atoms with Crippen LogP contribution in [-0.2, 0) is 6.54 Å². The quantitative estimate of drug-likeness (QED) is 0.465. The van der Waals surface area contributed by atoms with Gasteiger partial charge in [0.2, 0.25) is 0 Å². The van der Waals surface area contributed by atoms with Gasteiger partial charge in [0.25, 0.3) is 0 Å². The minimum absolute atomic E-state index is 0.946. The summed E-state index contributed by atoms with van der Waals surface area (Å²) in [5, 5.41) is 0. The highest BCUT2D eigenvalue weighted by atomic mass is 15.1. The molecule has 4 nitrogen and oxygen atoms in total. The molecule has 1 N–H and O–H groups in total. The number of H-pyrrole nitrogens is 1. The number of hydrogen-bond acceptors (Lipinski definition) is 3. The molecule has 0 aliphatic carbocycles. The minimum atomic E-state index is 0.946. The molecule has 0 aliphatic heterocycles. The van der Waals surface area contributed by atoms with Crippen LogP contribution in [0.5, 0.6) is 0 Å². The van der Waals surface area contributed by atoms with Crippen molar-refractivity contribution in [2.45, 2.75) is 13.5 Å². The second-order valence-electron chi connectivity index (χ2n) is 8.33. The Morgan fingerprint density at radius 2 is 1.50 bits per heavy atom. The summed E-state index contributed by atoms with van der Waals surface area (Å²) in [6, 6.07) is 24.0. The van der Waals surface area contributed by atoms with Crippen molar-refractivity contribution in [1.29, 1.82) is 0 Å². The average Bonchev–Trinajstić information content (AvgIpc) is 3.12. The standard InChI is InChI=1S/C26H30N4/c1-19-27-25-14-13-22(17-26(25)28-19)20-9-11-21(12-10-20)24-8-6-5-7-23(24)18-30(4)16-15-29(2)3/h5-14,17H,15-16,18H2,1-4H3,(H,27,28). The fourth-order valence-corrected chi connectivity index (χ4v) is 3.84. The number of aromatic nitrogens is 2. The van der Waals surface area contributed by atoms with Gasteiger partial charge in [0.05, 0.1) is 11.0 Å². The van der Waals surface area contributed by atoms with Crippen LogP contribution in [0, 0.1) is 6.92 Å². The number of imidazole rings is 1. The van der Waals surface area contributed by atoms with Gasteiger partial charge in [0.1, 0.15) is 5.82 Å². The lowest BCUT2D eigenvalue weighted by molar-refractivity contribution is 0.276. The summed E-state index contributed by atoms with van der Waals surface area (Å²) in [5.41, 5.74) is 8.44. The van der Waals surface area contributed by atoms with Crippen molar-refractivity contribution in [3.8, 4) is 22.3 Å². The van der Waals surface area contributed by atoms with Gasteiger partial charge in [-0.3, -0.25) is 0 Å². The fraction of sp³-hybridized carbons (Fsp3) is 0.269. The number of nitrogens with one attached hydrogen (secondary N) is 1. The van der Waals surface area contributed by atoms with Crippen molar-refractivity contribution >= 4 is 11.0 Å². The average molecular weight is 399 g/mol. The Hall–Kier alpha value is -2.95. The van der Waals surface area contributed by atoms with Crippen molar-refractivity contribution in [2.75, 3.05) is 34.2 Å². The molecule has 0 fully saturated rings. The third-order valence-electron chi connectivity index (χ3n) is 5.52. The Labute approximate surface area is 179 Å². The topological polar surface area (TPSA) is 35.2 Å². The van der Waals surface area contributed by atoms with E-state index in [4.69, 9.17) is 0 Å². The zero-order chi connectivity index (χ0) is 21.1. The molecule has 0 unspecified atom stereocenters. The summed E-state index contributed by atoms with van der Waals surface area (Å²) < 4.78 is 0. The third-order valence-corrected chi connectivity index (χ3v) is 5.52. The summed E-state index contributed by atoms with van der Waals surface area (Å²) in [6.07, 6.45) is 0. The zero-order valence-corrected chi connectivity index (χ0v) is 18.3. The Bertz CT molecular complexity index is 1130. The Balaban J connectivity index is 1.56. The number of aromatic amines is 1. The van der Waals surface area contributed by atoms with Gasteiger partial charge in [-0.2, -0.15) is 0 Å². The maximum absolute atomic E-state index is 4.50. The molecule has 4 aromatic rings. The maximum atomic E-state index is 4.50. The number of benzene rings is 3. The molecule has 1 heterocycles. The van der Waals surface area contributed by atoms with E-state index in [1.165, 1.54) is 27.8 Å². The maximum Gasteiger partial charge on any atom is 0.104 e. The van der Waals surface area contributed by atoms with Crippen LogP contribution in [-0.4, -0.2) is 54.0 Å². The highest BCUT2D eigenvalue weighted by Gasteiger charge is 2.09. The summed E-state index contributed by atoms with van der Waals surface area (Å²) in [4.78, 5) is 12.4. The van der Waals surface area contributed by atoms with Gasteiger partial charge in [0, 0.05) is 19.6 Å². The van der Waals surface area contributed by atoms with Crippen LogP contribution in [0.25, 0.3) is 33.3 Å². The van der Waals surface area contributed by atoms with E-state index in [1.54, 1.807) is 0 Å². The minimum Gasteiger partial charge on any atom is -0.342 e. The predicted molar refractivity (Wildman–Crippen MR) is 127 cm³/mol. The number of hydrogen-bond donors (Lipinski definition) is 1. The van der Waals surface area contributed by atoms with Crippen LogP contribution in [0.4, 0.5) is 0 Å². The molecular weight excluding hydrogens is 368 g/mol. The SMILES string of the molecule is Cc1nc2ccc(-c3ccc(-c4ccccc4CN(C)CCN(C)C)cc3)cc2[nH]1. The van der Waals surface area contributed by atoms with E-state index in [0.717, 1.165) is 36.5 Å². The number of aryl methyl sites for hydroxylation is 1. The molecule has 30 heavy (non-hydrogen) atoms. The lowest BCUT2D eigenvalue weighted by Gasteiger charge is -2.21. The molecule has 0 saturated heterocycles. The van der Waals surface area contributed by atoms with Gasteiger partial charge in [-0.15, -0.1) is 0 Å². The molecule has 0 saturated carbocycles. The molecule has 0 spiro atoms. The van der Waals surface area contributed by atoms with Gasteiger partial charge in [-0.05, 0) is 68.0 Å². The Morgan fingerprint density at radius 1 is 0.800 bits per heavy atom. The van der Waals surface area contributed by atoms with Crippen molar-refractivity contribution < 1.29 is 0 Å². The molecule has 1 aromatic heterocycles. The predicted octanol–water partition coefficient (Wildman–Crippen LogP) is 5.20. The van der Waals surface area contributed by atoms with Crippen molar-refractivity contribution in [1.82, 2.24) is 19.8 Å². The van der Waals surface area contributed by atoms with Crippen LogP contribution in [0.1, 0.15) is 11.4 Å². The number of likely N-dealkylation sites (N-methyl/N-ethyl adjacent to an activating group) is 2. The molecule has 0 bridgehead atoms. The van der Waals surface area contributed by atoms with E-state index < -0.39 is 0 Å². The van der Waals surface area contributed by atoms with Crippen LogP contribution in [0.2, 0.25) is 0 Å². The van der Waals surface area contributed by atoms with Crippen LogP contribution >= 0.6 is 0 Å². The monoisotopic (exact) mass is 398 g/mol. The van der Waals surface area contributed by atoms with Gasteiger partial charge < -0.3 is 14.8 Å². The molecule has 4 heteroatoms. The molecule has 154 valence electrons. The van der Waals surface area contributed by atoms with Gasteiger partial charge >= 0.3 is 0 Å². The second kappa shape index (κ2) is 8.82. The van der Waals surface area contributed by atoms with E-state index in [1.807, 2.05) is 6.92 Å². The molecule has 0 atom stereocenters. The largest absolute Gasteiger partial charge is 0.342 e. The zero-order valence-electron chi connectivity index (χ0n) is 18.3. The summed E-state index contributed by atoms with van der Waals surface area (Å²) in [5.74, 6) is 0.949. The first kappa shape index (κ1) is 20.3. The van der Waals surface area contributed by atoms with E-state index in [-0.39, 0.29) is 0 Å². The number of nitrogens with zero attached hydrogens (tertiary/aromatic N) is 3. The fourth-order valence-electron chi connectivity index (χ4n) is 3.84. The third kappa shape index (κ3) is 4.61. The van der Waals surface area contributed by atoms with Crippen LogP contribution in [0.15, 0.2) is 66.7 Å². The summed E-state index contributed by atoms with van der Waals surface area (Å²) >= 11 is 0. The molecular formula is C26H30N4. The van der Waals surface area contributed by atoms with Gasteiger partial charge in [-0.25, -0.2) is 4.98 Å².